The van der Waals surface area contributed by atoms with Crippen molar-refractivity contribution in [1.82, 2.24) is 0 Å². The molecule has 0 saturated heterocycles. The molecule has 0 unspecified atom stereocenters. The molecule has 0 aliphatic rings. The van der Waals surface area contributed by atoms with Crippen molar-refractivity contribution in [2.75, 3.05) is 17.7 Å². The highest BCUT2D eigenvalue weighted by atomic mass is 33.1. The second-order valence-corrected chi connectivity index (χ2v) is 8.76. The number of nitrogens with one attached hydrogen (secondary N) is 1. The van der Waals surface area contributed by atoms with Crippen LogP contribution in [0.5, 0.6) is 0 Å². The van der Waals surface area contributed by atoms with Gasteiger partial charge in [0.05, 0.1) is 4.90 Å². The molecule has 23 heavy (non-hydrogen) atoms. The third-order valence-electron chi connectivity index (χ3n) is 2.88. The second-order valence-electron chi connectivity index (χ2n) is 4.72. The molecule has 1 N–H and O–H groups in total. The second kappa shape index (κ2) is 8.03. The Hall–Kier alpha value is -1.99. The third kappa shape index (κ3) is 5.61. The molecule has 0 aromatic heterocycles. The number of ether oxygens (including phenoxy) is 1. The Kier molecular flexibility index (Phi) is 6.06. The maximum absolute atomic E-state index is 12.1. The van der Waals surface area contributed by atoms with Crippen LogP contribution >= 0.6 is 10.8 Å². The molecule has 0 atom stereocenters. The van der Waals surface area contributed by atoms with Crippen LogP contribution in [0.1, 0.15) is 5.56 Å². The summed E-state index contributed by atoms with van der Waals surface area (Å²) in [5.41, 5.74) is 1.62. The molecule has 7 heteroatoms. The zero-order valence-electron chi connectivity index (χ0n) is 12.6. The number of carbonyl (C=O) groups is 1. The van der Waals surface area contributed by atoms with Crippen molar-refractivity contribution in [1.29, 1.82) is 0 Å². The average molecular weight is 351 g/mol. The van der Waals surface area contributed by atoms with E-state index in [1.165, 1.54) is 0 Å². The Balaban J connectivity index is 1.76. The molecule has 0 spiro atoms. The van der Waals surface area contributed by atoms with Crippen molar-refractivity contribution in [3.05, 3.63) is 60.2 Å². The van der Waals surface area contributed by atoms with Gasteiger partial charge in [0.2, 0.25) is 8.87 Å². The predicted octanol–water partition coefficient (Wildman–Crippen LogP) is 3.67. The van der Waals surface area contributed by atoms with Crippen LogP contribution in [0.15, 0.2) is 59.5 Å². The van der Waals surface area contributed by atoms with Crippen LogP contribution < -0.4 is 5.32 Å². The minimum atomic E-state index is -3.43. The van der Waals surface area contributed by atoms with Gasteiger partial charge in [-0.25, -0.2) is 13.2 Å². The molecule has 122 valence electrons. The van der Waals surface area contributed by atoms with Gasteiger partial charge in [0.15, 0.2) is 0 Å². The van der Waals surface area contributed by atoms with Gasteiger partial charge in [0, 0.05) is 11.4 Å². The van der Waals surface area contributed by atoms with E-state index in [1.807, 2.05) is 13.0 Å². The predicted molar refractivity (Wildman–Crippen MR) is 92.2 cm³/mol. The van der Waals surface area contributed by atoms with E-state index in [4.69, 9.17) is 4.74 Å². The van der Waals surface area contributed by atoms with Crippen LogP contribution in [0.4, 0.5) is 10.5 Å². The van der Waals surface area contributed by atoms with E-state index in [0.29, 0.717) is 5.69 Å². The fourth-order valence-electron chi connectivity index (χ4n) is 1.73. The molecule has 0 heterocycles. The molecule has 0 saturated carbocycles. The summed E-state index contributed by atoms with van der Waals surface area (Å²) in [5, 5.41) is 2.56. The lowest BCUT2D eigenvalue weighted by Crippen LogP contribution is -2.15. The first-order valence-electron chi connectivity index (χ1n) is 6.92. The summed E-state index contributed by atoms with van der Waals surface area (Å²) in [6.45, 7) is 1.90. The Morgan fingerprint density at radius 2 is 1.74 bits per heavy atom. The summed E-state index contributed by atoms with van der Waals surface area (Å²) in [4.78, 5) is 11.8. The number of hydrogen-bond acceptors (Lipinski definition) is 5. The van der Waals surface area contributed by atoms with Crippen LogP contribution in [-0.4, -0.2) is 26.9 Å². The van der Waals surface area contributed by atoms with E-state index in [1.54, 1.807) is 48.5 Å². The Bertz CT molecular complexity index is 743. The highest BCUT2D eigenvalue weighted by Gasteiger charge is 2.15. The highest BCUT2D eigenvalue weighted by molar-refractivity contribution is 8.72. The Labute approximate surface area is 139 Å². The highest BCUT2D eigenvalue weighted by Crippen LogP contribution is 2.23. The summed E-state index contributed by atoms with van der Waals surface area (Å²) >= 11 is 0. The average Bonchev–Trinajstić information content (AvgIpc) is 2.53. The Morgan fingerprint density at radius 1 is 1.09 bits per heavy atom. The lowest BCUT2D eigenvalue weighted by molar-refractivity contribution is 0.169. The third-order valence-corrected chi connectivity index (χ3v) is 6.39. The molecule has 0 aliphatic carbocycles. The van der Waals surface area contributed by atoms with Crippen molar-refractivity contribution in [2.45, 2.75) is 11.8 Å². The molecule has 2 aromatic carbocycles. The van der Waals surface area contributed by atoms with Crippen LogP contribution in [0.25, 0.3) is 0 Å². The smallest absolute Gasteiger partial charge is 0.411 e. The summed E-state index contributed by atoms with van der Waals surface area (Å²) in [7, 11) is -2.68. The standard InChI is InChI=1S/C16H17NO4S2/c1-13-7-9-15(10-8-13)23(19,20)22-12-11-21-16(18)17-14-5-3-2-4-6-14/h2-10H,11-12H2,1H3,(H,17,18). The van der Waals surface area contributed by atoms with E-state index < -0.39 is 15.0 Å². The molecule has 2 aromatic rings. The monoisotopic (exact) mass is 351 g/mol. The van der Waals surface area contributed by atoms with Crippen molar-refractivity contribution in [3.63, 3.8) is 0 Å². The first kappa shape index (κ1) is 17.4. The zero-order valence-corrected chi connectivity index (χ0v) is 14.2. The molecule has 0 bridgehead atoms. The van der Waals surface area contributed by atoms with Crippen molar-refractivity contribution < 1.29 is 17.9 Å². The number of anilines is 1. The van der Waals surface area contributed by atoms with Gasteiger partial charge in [-0.3, -0.25) is 5.32 Å². The summed E-state index contributed by atoms with van der Waals surface area (Å²) < 4.78 is 29.1. The van der Waals surface area contributed by atoms with E-state index in [0.717, 1.165) is 16.4 Å². The van der Waals surface area contributed by atoms with Gasteiger partial charge in [-0.2, -0.15) is 0 Å². The van der Waals surface area contributed by atoms with Gasteiger partial charge in [-0.15, -0.1) is 0 Å². The SMILES string of the molecule is Cc1ccc(S(=O)(=O)SCCOC(=O)Nc2ccccc2)cc1. The number of aryl methyl sites for hydroxylation is 1. The number of hydrogen-bond donors (Lipinski definition) is 1. The van der Waals surface area contributed by atoms with Crippen molar-refractivity contribution in [3.8, 4) is 0 Å². The fourth-order valence-corrected chi connectivity index (χ4v) is 4.31. The largest absolute Gasteiger partial charge is 0.448 e. The number of para-hydroxylation sites is 1. The molecule has 5 nitrogen and oxygen atoms in total. The van der Waals surface area contributed by atoms with Gasteiger partial charge in [-0.1, -0.05) is 35.9 Å². The molecule has 0 fully saturated rings. The Morgan fingerprint density at radius 3 is 2.39 bits per heavy atom. The van der Waals surface area contributed by atoms with Crippen LogP contribution in [-0.2, 0) is 13.6 Å². The van der Waals surface area contributed by atoms with Crippen molar-refractivity contribution in [2.24, 2.45) is 0 Å². The number of benzene rings is 2. The van der Waals surface area contributed by atoms with Gasteiger partial charge in [0.25, 0.3) is 0 Å². The zero-order chi connectivity index (χ0) is 16.7. The summed E-state index contributed by atoms with van der Waals surface area (Å²) in [6, 6.07) is 15.5. The lowest BCUT2D eigenvalue weighted by atomic mass is 10.2. The number of carbonyl (C=O) groups excluding carboxylic acids is 1. The number of rotatable bonds is 6. The van der Waals surface area contributed by atoms with Gasteiger partial charge in [0.1, 0.15) is 6.61 Å². The first-order chi connectivity index (χ1) is 11.0. The number of amides is 1. The summed E-state index contributed by atoms with van der Waals surface area (Å²) in [5.74, 6) is 0.165. The molecular weight excluding hydrogens is 334 g/mol. The van der Waals surface area contributed by atoms with Crippen LogP contribution in [0, 0.1) is 6.92 Å². The summed E-state index contributed by atoms with van der Waals surface area (Å²) in [6.07, 6.45) is -0.607. The van der Waals surface area contributed by atoms with Gasteiger partial charge >= 0.3 is 6.09 Å². The first-order valence-corrected chi connectivity index (χ1v) is 9.91. The molecule has 0 aliphatic heterocycles. The minimum Gasteiger partial charge on any atom is -0.448 e. The maximum Gasteiger partial charge on any atom is 0.411 e. The van der Waals surface area contributed by atoms with Crippen LogP contribution in [0.2, 0.25) is 0 Å². The normalized spacial score (nSPS) is 11.0. The molecule has 2 rings (SSSR count). The lowest BCUT2D eigenvalue weighted by Gasteiger charge is -2.07. The van der Waals surface area contributed by atoms with Crippen molar-refractivity contribution >= 4 is 31.4 Å². The van der Waals surface area contributed by atoms with E-state index >= 15 is 0 Å². The quantitative estimate of drug-likeness (QED) is 0.635. The van der Waals surface area contributed by atoms with E-state index in [9.17, 15) is 13.2 Å². The molecule has 0 radical (unpaired) electrons. The van der Waals surface area contributed by atoms with Gasteiger partial charge in [-0.05, 0) is 42.0 Å². The topological polar surface area (TPSA) is 72.5 Å². The molecular formula is C16H17NO4S2. The fraction of sp³-hybridized carbons (Fsp3) is 0.188. The van der Waals surface area contributed by atoms with Crippen LogP contribution in [0.3, 0.4) is 0 Å². The van der Waals surface area contributed by atoms with E-state index in [-0.39, 0.29) is 17.3 Å². The minimum absolute atomic E-state index is 0.00836. The van der Waals surface area contributed by atoms with Gasteiger partial charge < -0.3 is 4.74 Å². The molecule has 1 amide bonds. The maximum atomic E-state index is 12.1. The van der Waals surface area contributed by atoms with E-state index in [2.05, 4.69) is 5.32 Å².